The molecule has 2 atom stereocenters. The first kappa shape index (κ1) is 11.5. The Morgan fingerprint density at radius 3 is 2.57 bits per heavy atom. The van der Waals surface area contributed by atoms with Gasteiger partial charge in [-0.05, 0) is 18.8 Å². The highest BCUT2D eigenvalue weighted by Crippen LogP contribution is 2.27. The molecule has 1 heterocycles. The SMILES string of the molecule is CCC(C)C1CCCN1C(=O)C(C)C. The monoisotopic (exact) mass is 197 g/mol. The number of amides is 1. The predicted molar refractivity (Wildman–Crippen MR) is 59.0 cm³/mol. The summed E-state index contributed by atoms with van der Waals surface area (Å²) >= 11 is 0. The van der Waals surface area contributed by atoms with E-state index in [1.807, 2.05) is 13.8 Å². The van der Waals surface area contributed by atoms with Gasteiger partial charge in [-0.2, -0.15) is 0 Å². The highest BCUT2D eigenvalue weighted by Gasteiger charge is 2.32. The van der Waals surface area contributed by atoms with Crippen LogP contribution in [0, 0.1) is 11.8 Å². The van der Waals surface area contributed by atoms with Crippen LogP contribution in [0.1, 0.15) is 47.0 Å². The van der Waals surface area contributed by atoms with Crippen LogP contribution >= 0.6 is 0 Å². The molecule has 1 fully saturated rings. The number of likely N-dealkylation sites (tertiary alicyclic amines) is 1. The number of carbonyl (C=O) groups is 1. The molecule has 1 saturated heterocycles. The van der Waals surface area contributed by atoms with E-state index >= 15 is 0 Å². The van der Waals surface area contributed by atoms with Crippen molar-refractivity contribution in [2.45, 2.75) is 53.0 Å². The second-order valence-corrected chi connectivity index (χ2v) is 4.78. The third kappa shape index (κ3) is 2.28. The van der Waals surface area contributed by atoms with Crippen LogP contribution in [0.2, 0.25) is 0 Å². The van der Waals surface area contributed by atoms with Crippen LogP contribution < -0.4 is 0 Å². The molecule has 82 valence electrons. The van der Waals surface area contributed by atoms with Crippen LogP contribution in [0.25, 0.3) is 0 Å². The van der Waals surface area contributed by atoms with E-state index in [0.717, 1.165) is 6.54 Å². The zero-order valence-corrected chi connectivity index (χ0v) is 9.92. The molecule has 1 aliphatic rings. The number of hydrogen-bond acceptors (Lipinski definition) is 1. The first-order chi connectivity index (χ1) is 6.57. The Morgan fingerprint density at radius 1 is 1.43 bits per heavy atom. The van der Waals surface area contributed by atoms with E-state index in [-0.39, 0.29) is 5.92 Å². The molecular weight excluding hydrogens is 174 g/mol. The van der Waals surface area contributed by atoms with E-state index in [0.29, 0.717) is 17.9 Å². The Labute approximate surface area is 87.7 Å². The molecule has 0 bridgehead atoms. The molecular formula is C12H23NO. The van der Waals surface area contributed by atoms with Crippen LogP contribution in [0.3, 0.4) is 0 Å². The summed E-state index contributed by atoms with van der Waals surface area (Å²) in [5.74, 6) is 1.15. The summed E-state index contributed by atoms with van der Waals surface area (Å²) in [6.45, 7) is 9.44. The lowest BCUT2D eigenvalue weighted by molar-refractivity contribution is -0.136. The van der Waals surface area contributed by atoms with Gasteiger partial charge in [0, 0.05) is 18.5 Å². The van der Waals surface area contributed by atoms with Crippen LogP contribution in [0.15, 0.2) is 0 Å². The molecule has 2 heteroatoms. The minimum atomic E-state index is 0.152. The molecule has 0 aromatic rings. The summed E-state index contributed by atoms with van der Waals surface area (Å²) in [6.07, 6.45) is 3.56. The van der Waals surface area contributed by atoms with E-state index in [9.17, 15) is 4.79 Å². The van der Waals surface area contributed by atoms with E-state index < -0.39 is 0 Å². The van der Waals surface area contributed by atoms with Gasteiger partial charge in [-0.15, -0.1) is 0 Å². The first-order valence-electron chi connectivity index (χ1n) is 5.88. The Balaban J connectivity index is 2.63. The second-order valence-electron chi connectivity index (χ2n) is 4.78. The van der Waals surface area contributed by atoms with E-state index in [2.05, 4.69) is 18.7 Å². The van der Waals surface area contributed by atoms with Gasteiger partial charge >= 0.3 is 0 Å². The van der Waals surface area contributed by atoms with Crippen molar-refractivity contribution in [1.82, 2.24) is 4.90 Å². The van der Waals surface area contributed by atoms with Gasteiger partial charge in [-0.1, -0.05) is 34.1 Å². The molecule has 0 N–H and O–H groups in total. The topological polar surface area (TPSA) is 20.3 Å². The van der Waals surface area contributed by atoms with Crippen LogP contribution in [0.5, 0.6) is 0 Å². The van der Waals surface area contributed by atoms with Crippen LogP contribution in [-0.2, 0) is 4.79 Å². The van der Waals surface area contributed by atoms with Crippen LogP contribution in [-0.4, -0.2) is 23.4 Å². The lowest BCUT2D eigenvalue weighted by Crippen LogP contribution is -2.41. The molecule has 1 amide bonds. The van der Waals surface area contributed by atoms with Gasteiger partial charge < -0.3 is 4.90 Å². The maximum absolute atomic E-state index is 11.9. The number of carbonyl (C=O) groups excluding carboxylic acids is 1. The smallest absolute Gasteiger partial charge is 0.225 e. The minimum absolute atomic E-state index is 0.152. The van der Waals surface area contributed by atoms with E-state index in [1.54, 1.807) is 0 Å². The van der Waals surface area contributed by atoms with Crippen molar-refractivity contribution in [2.24, 2.45) is 11.8 Å². The second kappa shape index (κ2) is 4.81. The summed E-state index contributed by atoms with van der Waals surface area (Å²) in [4.78, 5) is 14.0. The molecule has 1 aliphatic heterocycles. The van der Waals surface area contributed by atoms with Crippen molar-refractivity contribution in [3.8, 4) is 0 Å². The van der Waals surface area contributed by atoms with Gasteiger partial charge in [0.1, 0.15) is 0 Å². The van der Waals surface area contributed by atoms with Gasteiger partial charge in [-0.25, -0.2) is 0 Å². The number of rotatable bonds is 3. The third-order valence-corrected chi connectivity index (χ3v) is 3.38. The quantitative estimate of drug-likeness (QED) is 0.681. The fraction of sp³-hybridized carbons (Fsp3) is 0.917. The van der Waals surface area contributed by atoms with Crippen molar-refractivity contribution in [3.05, 3.63) is 0 Å². The average Bonchev–Trinajstić information content (AvgIpc) is 2.63. The summed E-state index contributed by atoms with van der Waals surface area (Å²) in [5, 5.41) is 0. The number of hydrogen-bond donors (Lipinski definition) is 0. The molecule has 2 unspecified atom stereocenters. The summed E-state index contributed by atoms with van der Waals surface area (Å²) in [7, 11) is 0. The molecule has 1 rings (SSSR count). The first-order valence-corrected chi connectivity index (χ1v) is 5.88. The van der Waals surface area contributed by atoms with Crippen molar-refractivity contribution < 1.29 is 4.79 Å². The molecule has 0 radical (unpaired) electrons. The summed E-state index contributed by atoms with van der Waals surface area (Å²) in [5.41, 5.74) is 0. The van der Waals surface area contributed by atoms with Gasteiger partial charge in [0.25, 0.3) is 0 Å². The minimum Gasteiger partial charge on any atom is -0.339 e. The van der Waals surface area contributed by atoms with E-state index in [1.165, 1.54) is 19.3 Å². The van der Waals surface area contributed by atoms with Gasteiger partial charge in [0.05, 0.1) is 0 Å². The lowest BCUT2D eigenvalue weighted by Gasteiger charge is -2.30. The molecule has 0 aromatic carbocycles. The Morgan fingerprint density at radius 2 is 2.07 bits per heavy atom. The highest BCUT2D eigenvalue weighted by molar-refractivity contribution is 5.78. The maximum atomic E-state index is 11.9. The van der Waals surface area contributed by atoms with Crippen molar-refractivity contribution in [3.63, 3.8) is 0 Å². The molecule has 2 nitrogen and oxygen atoms in total. The van der Waals surface area contributed by atoms with Crippen molar-refractivity contribution in [1.29, 1.82) is 0 Å². The normalized spacial score (nSPS) is 24.4. The average molecular weight is 197 g/mol. The Bertz CT molecular complexity index is 200. The molecule has 0 saturated carbocycles. The van der Waals surface area contributed by atoms with Gasteiger partial charge in [-0.3, -0.25) is 4.79 Å². The van der Waals surface area contributed by atoms with Gasteiger partial charge in [0.2, 0.25) is 5.91 Å². The molecule has 0 aromatic heterocycles. The maximum Gasteiger partial charge on any atom is 0.225 e. The van der Waals surface area contributed by atoms with Crippen molar-refractivity contribution in [2.75, 3.05) is 6.54 Å². The zero-order valence-electron chi connectivity index (χ0n) is 9.92. The fourth-order valence-electron chi connectivity index (χ4n) is 2.26. The zero-order chi connectivity index (χ0) is 10.7. The third-order valence-electron chi connectivity index (χ3n) is 3.38. The standard InChI is InChI=1S/C12H23NO/c1-5-10(4)11-7-6-8-13(11)12(14)9(2)3/h9-11H,5-8H2,1-4H3. The largest absolute Gasteiger partial charge is 0.339 e. The van der Waals surface area contributed by atoms with Gasteiger partial charge in [0.15, 0.2) is 0 Å². The molecule has 0 spiro atoms. The summed E-state index contributed by atoms with van der Waals surface area (Å²) in [6, 6.07) is 0.509. The highest BCUT2D eigenvalue weighted by atomic mass is 16.2. The Hall–Kier alpha value is -0.530. The van der Waals surface area contributed by atoms with E-state index in [4.69, 9.17) is 0 Å². The lowest BCUT2D eigenvalue weighted by atomic mass is 9.96. The molecule has 0 aliphatic carbocycles. The Kier molecular flexibility index (Phi) is 3.97. The summed E-state index contributed by atoms with van der Waals surface area (Å²) < 4.78 is 0. The predicted octanol–water partition coefficient (Wildman–Crippen LogP) is 2.68. The number of nitrogens with zero attached hydrogens (tertiary/aromatic N) is 1. The van der Waals surface area contributed by atoms with Crippen molar-refractivity contribution >= 4 is 5.91 Å². The van der Waals surface area contributed by atoms with Crippen LogP contribution in [0.4, 0.5) is 0 Å². The fourth-order valence-corrected chi connectivity index (χ4v) is 2.26. The molecule has 14 heavy (non-hydrogen) atoms.